The Morgan fingerprint density at radius 3 is 2.69 bits per heavy atom. The van der Waals surface area contributed by atoms with Crippen LogP contribution in [0.1, 0.15) is 48.5 Å². The largest absolute Gasteiger partial charge is 0.505 e. The van der Waals surface area contributed by atoms with Crippen molar-refractivity contribution in [3.63, 3.8) is 0 Å². The van der Waals surface area contributed by atoms with Crippen molar-refractivity contribution < 1.29 is 19.0 Å². The number of phenolic OH excluding ortho intramolecular Hbond substituents is 1. The first kappa shape index (κ1) is 22.6. The molecule has 0 aromatic heterocycles. The van der Waals surface area contributed by atoms with Crippen molar-refractivity contribution in [3.8, 4) is 11.5 Å². The quantitative estimate of drug-likeness (QED) is 0.708. The molecule has 6 heteroatoms. The van der Waals surface area contributed by atoms with E-state index in [0.717, 1.165) is 57.4 Å². The van der Waals surface area contributed by atoms with E-state index in [4.69, 9.17) is 4.74 Å². The summed E-state index contributed by atoms with van der Waals surface area (Å²) in [5.41, 5.74) is 1.50. The lowest BCUT2D eigenvalue weighted by molar-refractivity contribution is 0.0689. The number of aromatic hydroxyl groups is 1. The molecular formula is C26H33FN2O3. The molecule has 2 aliphatic rings. The van der Waals surface area contributed by atoms with Gasteiger partial charge >= 0.3 is 0 Å². The Bertz CT molecular complexity index is 927. The molecule has 2 aromatic rings. The second-order valence-electron chi connectivity index (χ2n) is 9.31. The number of hydrogen-bond donors (Lipinski definition) is 1. The highest BCUT2D eigenvalue weighted by Crippen LogP contribution is 2.26. The van der Waals surface area contributed by atoms with E-state index in [-0.39, 0.29) is 11.7 Å². The summed E-state index contributed by atoms with van der Waals surface area (Å²) in [5.74, 6) is 0.860. The topological polar surface area (TPSA) is 53.0 Å². The number of hydrogen-bond acceptors (Lipinski definition) is 4. The first-order valence-electron chi connectivity index (χ1n) is 11.7. The van der Waals surface area contributed by atoms with Crippen molar-refractivity contribution in [1.82, 2.24) is 9.80 Å². The molecule has 0 radical (unpaired) electrons. The molecule has 1 unspecified atom stereocenters. The molecule has 2 aliphatic heterocycles. The van der Waals surface area contributed by atoms with Gasteiger partial charge in [-0.05, 0) is 68.0 Å². The number of rotatable bonds is 6. The summed E-state index contributed by atoms with van der Waals surface area (Å²) in [7, 11) is 0. The summed E-state index contributed by atoms with van der Waals surface area (Å²) < 4.78 is 19.8. The molecule has 32 heavy (non-hydrogen) atoms. The summed E-state index contributed by atoms with van der Waals surface area (Å²) >= 11 is 0. The number of piperidine rings is 2. The molecule has 0 bridgehead atoms. The van der Waals surface area contributed by atoms with E-state index in [2.05, 4.69) is 11.8 Å². The maximum Gasteiger partial charge on any atom is 0.257 e. The molecular weight excluding hydrogens is 407 g/mol. The number of amides is 1. The van der Waals surface area contributed by atoms with Gasteiger partial charge < -0.3 is 14.7 Å². The SMILES string of the molecule is CC1CCN(C(=O)c2ccccc2OCC2CCCN(Cc3ccc(O)c(F)c3)C2)CC1. The van der Waals surface area contributed by atoms with Crippen molar-refractivity contribution >= 4 is 5.91 Å². The summed E-state index contributed by atoms with van der Waals surface area (Å²) in [6.07, 6.45) is 4.23. The minimum absolute atomic E-state index is 0.0622. The molecule has 1 atom stereocenters. The third kappa shape index (κ3) is 5.60. The van der Waals surface area contributed by atoms with Crippen LogP contribution < -0.4 is 4.74 Å². The van der Waals surface area contributed by atoms with E-state index in [1.54, 1.807) is 6.07 Å². The molecule has 4 rings (SSSR count). The zero-order chi connectivity index (χ0) is 22.5. The zero-order valence-corrected chi connectivity index (χ0v) is 18.8. The highest BCUT2D eigenvalue weighted by Gasteiger charge is 2.25. The Hall–Kier alpha value is -2.60. The van der Waals surface area contributed by atoms with Crippen LogP contribution in [0, 0.1) is 17.7 Å². The molecule has 0 aliphatic carbocycles. The smallest absolute Gasteiger partial charge is 0.257 e. The lowest BCUT2D eigenvalue weighted by Gasteiger charge is -2.33. The second kappa shape index (κ2) is 10.3. The van der Waals surface area contributed by atoms with Crippen LogP contribution in [0.5, 0.6) is 11.5 Å². The van der Waals surface area contributed by atoms with Gasteiger partial charge in [0.2, 0.25) is 0 Å². The van der Waals surface area contributed by atoms with Crippen molar-refractivity contribution in [2.45, 2.75) is 39.2 Å². The van der Waals surface area contributed by atoms with Crippen molar-refractivity contribution in [3.05, 3.63) is 59.4 Å². The lowest BCUT2D eigenvalue weighted by Crippen LogP contribution is -2.38. The van der Waals surface area contributed by atoms with Crippen LogP contribution in [0.25, 0.3) is 0 Å². The molecule has 2 aromatic carbocycles. The van der Waals surface area contributed by atoms with Gasteiger partial charge in [0.15, 0.2) is 11.6 Å². The summed E-state index contributed by atoms with van der Waals surface area (Å²) in [6, 6.07) is 12.1. The Morgan fingerprint density at radius 2 is 1.91 bits per heavy atom. The number of carbonyl (C=O) groups is 1. The van der Waals surface area contributed by atoms with Crippen molar-refractivity contribution in [1.29, 1.82) is 0 Å². The van der Waals surface area contributed by atoms with Crippen LogP contribution in [0.4, 0.5) is 4.39 Å². The standard InChI is InChI=1S/C26H33FN2O3/c1-19-10-13-29(14-11-19)26(31)22-6-2-3-7-25(22)32-18-21-5-4-12-28(17-21)16-20-8-9-24(30)23(27)15-20/h2-3,6-9,15,19,21,30H,4-5,10-14,16-18H2,1H3. The van der Waals surface area contributed by atoms with E-state index >= 15 is 0 Å². The molecule has 1 N–H and O–H groups in total. The van der Waals surface area contributed by atoms with Gasteiger partial charge in [0.05, 0.1) is 12.2 Å². The number of benzene rings is 2. The van der Waals surface area contributed by atoms with Crippen LogP contribution in [0.3, 0.4) is 0 Å². The minimum Gasteiger partial charge on any atom is -0.505 e. The maximum atomic E-state index is 13.7. The fourth-order valence-corrected chi connectivity index (χ4v) is 4.70. The zero-order valence-electron chi connectivity index (χ0n) is 18.8. The summed E-state index contributed by atoms with van der Waals surface area (Å²) in [4.78, 5) is 17.3. The van der Waals surface area contributed by atoms with Crippen LogP contribution in [-0.4, -0.2) is 53.6 Å². The molecule has 2 fully saturated rings. The fraction of sp³-hybridized carbons (Fsp3) is 0.500. The van der Waals surface area contributed by atoms with Gasteiger partial charge in [0.1, 0.15) is 5.75 Å². The number of phenols is 1. The molecule has 5 nitrogen and oxygen atoms in total. The molecule has 1 amide bonds. The van der Waals surface area contributed by atoms with Crippen LogP contribution in [0.15, 0.2) is 42.5 Å². The summed E-state index contributed by atoms with van der Waals surface area (Å²) in [5, 5.41) is 9.39. The highest BCUT2D eigenvalue weighted by atomic mass is 19.1. The Kier molecular flexibility index (Phi) is 7.30. The van der Waals surface area contributed by atoms with Gasteiger partial charge in [-0.2, -0.15) is 0 Å². The average Bonchev–Trinajstić information content (AvgIpc) is 2.81. The average molecular weight is 441 g/mol. The van der Waals surface area contributed by atoms with Gasteiger partial charge in [-0.25, -0.2) is 4.39 Å². The lowest BCUT2D eigenvalue weighted by atomic mass is 9.98. The maximum absolute atomic E-state index is 13.7. The first-order valence-corrected chi connectivity index (χ1v) is 11.7. The number of ether oxygens (including phenoxy) is 1. The Labute approximate surface area is 189 Å². The van der Waals surface area contributed by atoms with Crippen molar-refractivity contribution in [2.24, 2.45) is 11.8 Å². The number of likely N-dealkylation sites (tertiary alicyclic amines) is 2. The normalized spacial score (nSPS) is 20.3. The van der Waals surface area contributed by atoms with E-state index in [0.29, 0.717) is 36.3 Å². The molecule has 172 valence electrons. The van der Waals surface area contributed by atoms with E-state index in [9.17, 15) is 14.3 Å². The first-order chi connectivity index (χ1) is 15.5. The predicted molar refractivity (Wildman–Crippen MR) is 122 cm³/mol. The molecule has 2 saturated heterocycles. The second-order valence-corrected chi connectivity index (χ2v) is 9.31. The van der Waals surface area contributed by atoms with Gasteiger partial charge in [-0.15, -0.1) is 0 Å². The molecule has 0 saturated carbocycles. The van der Waals surface area contributed by atoms with E-state index < -0.39 is 5.82 Å². The number of halogens is 1. The third-order valence-corrected chi connectivity index (χ3v) is 6.68. The Balaban J connectivity index is 1.34. The summed E-state index contributed by atoms with van der Waals surface area (Å²) in [6.45, 7) is 6.89. The van der Waals surface area contributed by atoms with Crippen molar-refractivity contribution in [2.75, 3.05) is 32.8 Å². The van der Waals surface area contributed by atoms with E-state index in [1.807, 2.05) is 29.2 Å². The fourth-order valence-electron chi connectivity index (χ4n) is 4.70. The molecule has 0 spiro atoms. The monoisotopic (exact) mass is 440 g/mol. The van der Waals surface area contributed by atoms with Gasteiger partial charge in [0, 0.05) is 32.1 Å². The van der Waals surface area contributed by atoms with Gasteiger partial charge in [-0.3, -0.25) is 9.69 Å². The van der Waals surface area contributed by atoms with Crippen LogP contribution in [-0.2, 0) is 6.54 Å². The predicted octanol–water partition coefficient (Wildman–Crippen LogP) is 4.69. The minimum atomic E-state index is -0.580. The number of carbonyl (C=O) groups excluding carboxylic acids is 1. The highest BCUT2D eigenvalue weighted by molar-refractivity contribution is 5.97. The molecule has 2 heterocycles. The van der Waals surface area contributed by atoms with Gasteiger partial charge in [-0.1, -0.05) is 25.1 Å². The van der Waals surface area contributed by atoms with Crippen LogP contribution in [0.2, 0.25) is 0 Å². The number of nitrogens with zero attached hydrogens (tertiary/aromatic N) is 2. The Morgan fingerprint density at radius 1 is 1.12 bits per heavy atom. The van der Waals surface area contributed by atoms with Crippen LogP contribution >= 0.6 is 0 Å². The third-order valence-electron chi connectivity index (χ3n) is 6.68. The number of para-hydroxylation sites is 1. The van der Waals surface area contributed by atoms with E-state index in [1.165, 1.54) is 12.1 Å². The van der Waals surface area contributed by atoms with Gasteiger partial charge in [0.25, 0.3) is 5.91 Å².